The minimum Gasteiger partial charge on any atom is -0.460 e. The average Bonchev–Trinajstić information content (AvgIpc) is 2.91. The maximum Gasteiger partial charge on any atom is 0.331 e. The summed E-state index contributed by atoms with van der Waals surface area (Å²) in [4.78, 5) is 12.1. The molecule has 1 unspecified atom stereocenters. The van der Waals surface area contributed by atoms with Crippen molar-refractivity contribution in [1.29, 1.82) is 0 Å². The average molecular weight is 567 g/mol. The summed E-state index contributed by atoms with van der Waals surface area (Å²) in [5.74, 6) is -0.447. The van der Waals surface area contributed by atoms with Crippen LogP contribution in [-0.4, -0.2) is 98.3 Å². The third-order valence-electron chi connectivity index (χ3n) is 6.66. The zero-order valence-electron chi connectivity index (χ0n) is 23.1. The van der Waals surface area contributed by atoms with Crippen molar-refractivity contribution in [3.05, 3.63) is 60.8 Å². The Labute approximate surface area is 236 Å². The molecule has 1 fully saturated rings. The molecule has 10 heteroatoms. The third-order valence-corrected chi connectivity index (χ3v) is 6.66. The number of cyclic esters (lactones) is 1. The molecular formula is C30H46O10. The first-order chi connectivity index (χ1) is 19.2. The largest absolute Gasteiger partial charge is 0.460 e. The fourth-order valence-electron chi connectivity index (χ4n) is 4.33. The summed E-state index contributed by atoms with van der Waals surface area (Å²) in [7, 11) is 0. The van der Waals surface area contributed by atoms with E-state index in [0.717, 1.165) is 19.3 Å². The first-order valence-electron chi connectivity index (χ1n) is 14.1. The molecule has 2 rings (SSSR count). The van der Waals surface area contributed by atoms with Gasteiger partial charge in [-0.1, -0.05) is 54.7 Å². The van der Waals surface area contributed by atoms with Gasteiger partial charge in [0, 0.05) is 6.08 Å². The Hall–Kier alpha value is -2.15. The van der Waals surface area contributed by atoms with E-state index in [1.807, 2.05) is 13.0 Å². The minimum atomic E-state index is -1.56. The highest BCUT2D eigenvalue weighted by Gasteiger charge is 2.44. The van der Waals surface area contributed by atoms with Crippen LogP contribution in [0.3, 0.4) is 0 Å². The molecule has 0 aromatic rings. The molecule has 2 heterocycles. The Morgan fingerprint density at radius 3 is 2.35 bits per heavy atom. The quantitative estimate of drug-likeness (QED) is 0.219. The normalized spacial score (nSPS) is 40.2. The number of rotatable bonds is 3. The molecule has 0 saturated carbocycles. The molecular weight excluding hydrogens is 520 g/mol. The molecule has 226 valence electrons. The van der Waals surface area contributed by atoms with Gasteiger partial charge in [0.15, 0.2) is 6.29 Å². The van der Waals surface area contributed by atoms with Gasteiger partial charge in [0.1, 0.15) is 24.4 Å². The van der Waals surface area contributed by atoms with E-state index in [1.54, 1.807) is 42.5 Å². The molecule has 2 aliphatic rings. The second kappa shape index (κ2) is 19.1. The van der Waals surface area contributed by atoms with E-state index >= 15 is 0 Å². The molecule has 1 saturated heterocycles. The van der Waals surface area contributed by atoms with Crippen LogP contribution in [0.15, 0.2) is 60.8 Å². The van der Waals surface area contributed by atoms with E-state index in [-0.39, 0.29) is 12.5 Å². The molecule has 0 spiro atoms. The standard InChI is InChI=1S/C30H46O10/c1-21-13-7-3-2-4-8-14-22(32)19-23(33)15-9-5-10-16-24(17-11-6-12-18-26(34)38-21)39-30-29(37)28(36)27(35)25(20-31)40-30/h2,4-6,9-12,16,18,21-25,27-33,35-37H,3,7-8,13-15,17,19-20H2,1H3/b4-2+,9-5-,11-6+,16-10+,18-12-/t21?,22-,23-,24+,25+,27+,28-,29+,30+/m0/s1. The number of ether oxygens (including phenoxy) is 3. The maximum atomic E-state index is 12.1. The highest BCUT2D eigenvalue weighted by Crippen LogP contribution is 2.24. The summed E-state index contributed by atoms with van der Waals surface area (Å²) < 4.78 is 16.7. The van der Waals surface area contributed by atoms with E-state index in [9.17, 15) is 35.4 Å². The van der Waals surface area contributed by atoms with Crippen LogP contribution in [-0.2, 0) is 19.0 Å². The summed E-state index contributed by atoms with van der Waals surface area (Å²) in [6.07, 6.45) is 12.7. The summed E-state index contributed by atoms with van der Waals surface area (Å²) in [6.45, 7) is 1.28. The van der Waals surface area contributed by atoms with E-state index in [1.165, 1.54) is 6.08 Å². The Morgan fingerprint density at radius 2 is 1.57 bits per heavy atom. The van der Waals surface area contributed by atoms with E-state index in [2.05, 4.69) is 6.08 Å². The van der Waals surface area contributed by atoms with Crippen LogP contribution in [0, 0.1) is 0 Å². The molecule has 0 bridgehead atoms. The second-order valence-electron chi connectivity index (χ2n) is 10.2. The highest BCUT2D eigenvalue weighted by molar-refractivity contribution is 5.82. The lowest BCUT2D eigenvalue weighted by Crippen LogP contribution is -2.59. The fraction of sp³-hybridized carbons (Fsp3) is 0.633. The molecule has 10 nitrogen and oxygen atoms in total. The lowest BCUT2D eigenvalue weighted by atomic mass is 9.99. The Bertz CT molecular complexity index is 865. The smallest absolute Gasteiger partial charge is 0.331 e. The predicted octanol–water partition coefficient (Wildman–Crippen LogP) is 1.74. The van der Waals surface area contributed by atoms with Crippen LogP contribution in [0.5, 0.6) is 0 Å². The molecule has 40 heavy (non-hydrogen) atoms. The van der Waals surface area contributed by atoms with Gasteiger partial charge in [0.05, 0.1) is 31.0 Å². The first kappa shape index (κ1) is 34.1. The Balaban J connectivity index is 2.10. The molecule has 2 aliphatic heterocycles. The fourth-order valence-corrected chi connectivity index (χ4v) is 4.33. The van der Waals surface area contributed by atoms with Crippen LogP contribution >= 0.6 is 0 Å². The SMILES string of the molecule is CC1CCC/C=C/CC[C@H](O)C[C@@H](O)C/C=C\C=C\[C@@H](O[C@@H]2O[C@H](CO)[C@@H](O)[C@H](O)[C@H]2O)C/C=C/C=C\C(=O)O1. The van der Waals surface area contributed by atoms with Crippen LogP contribution in [0.2, 0.25) is 0 Å². The van der Waals surface area contributed by atoms with Gasteiger partial charge >= 0.3 is 5.97 Å². The molecule has 0 aromatic carbocycles. The lowest BCUT2D eigenvalue weighted by molar-refractivity contribution is -0.307. The number of aliphatic hydroxyl groups excluding tert-OH is 6. The van der Waals surface area contributed by atoms with Crippen molar-refractivity contribution in [1.82, 2.24) is 0 Å². The van der Waals surface area contributed by atoms with Crippen molar-refractivity contribution >= 4 is 5.97 Å². The molecule has 0 aliphatic carbocycles. The van der Waals surface area contributed by atoms with E-state index < -0.39 is 61.6 Å². The van der Waals surface area contributed by atoms with Gasteiger partial charge in [-0.3, -0.25) is 0 Å². The van der Waals surface area contributed by atoms with Gasteiger partial charge in [-0.25, -0.2) is 4.79 Å². The zero-order chi connectivity index (χ0) is 29.3. The van der Waals surface area contributed by atoms with Crippen molar-refractivity contribution in [3.8, 4) is 0 Å². The van der Waals surface area contributed by atoms with Crippen molar-refractivity contribution < 1.29 is 49.6 Å². The maximum absolute atomic E-state index is 12.1. The Morgan fingerprint density at radius 1 is 0.850 bits per heavy atom. The summed E-state index contributed by atoms with van der Waals surface area (Å²) in [5, 5.41) is 60.3. The van der Waals surface area contributed by atoms with Crippen LogP contribution in [0.1, 0.15) is 58.3 Å². The molecule has 0 radical (unpaired) electrons. The molecule has 9 atom stereocenters. The van der Waals surface area contributed by atoms with Gasteiger partial charge in [-0.2, -0.15) is 0 Å². The summed E-state index contributed by atoms with van der Waals surface area (Å²) >= 11 is 0. The van der Waals surface area contributed by atoms with Crippen LogP contribution in [0.4, 0.5) is 0 Å². The number of carbonyl (C=O) groups excluding carboxylic acids is 1. The molecule has 0 aromatic heterocycles. The molecule has 6 N–H and O–H groups in total. The number of carbonyl (C=O) groups is 1. The number of hydrogen-bond acceptors (Lipinski definition) is 10. The van der Waals surface area contributed by atoms with Crippen molar-refractivity contribution in [3.63, 3.8) is 0 Å². The van der Waals surface area contributed by atoms with E-state index in [0.29, 0.717) is 25.7 Å². The summed E-state index contributed by atoms with van der Waals surface area (Å²) in [6, 6.07) is 0. The second-order valence-corrected chi connectivity index (χ2v) is 10.2. The van der Waals surface area contributed by atoms with Gasteiger partial charge in [0.25, 0.3) is 0 Å². The van der Waals surface area contributed by atoms with Gasteiger partial charge in [0.2, 0.25) is 0 Å². The highest BCUT2D eigenvalue weighted by atomic mass is 16.7. The first-order valence-corrected chi connectivity index (χ1v) is 14.1. The monoisotopic (exact) mass is 566 g/mol. The van der Waals surface area contributed by atoms with E-state index in [4.69, 9.17) is 14.2 Å². The number of esters is 1. The van der Waals surface area contributed by atoms with Crippen molar-refractivity contribution in [2.75, 3.05) is 6.61 Å². The number of hydrogen-bond donors (Lipinski definition) is 6. The van der Waals surface area contributed by atoms with Gasteiger partial charge in [-0.05, 0) is 58.3 Å². The van der Waals surface area contributed by atoms with Crippen molar-refractivity contribution in [2.45, 2.75) is 113 Å². The van der Waals surface area contributed by atoms with Crippen molar-refractivity contribution in [2.24, 2.45) is 0 Å². The topological polar surface area (TPSA) is 166 Å². The predicted molar refractivity (Wildman–Crippen MR) is 149 cm³/mol. The zero-order valence-corrected chi connectivity index (χ0v) is 23.1. The van der Waals surface area contributed by atoms with Crippen LogP contribution < -0.4 is 0 Å². The number of aliphatic hydroxyl groups is 6. The van der Waals surface area contributed by atoms with Gasteiger partial charge < -0.3 is 44.8 Å². The Kier molecular flexibility index (Phi) is 16.2. The molecule has 0 amide bonds. The number of allylic oxidation sites excluding steroid dienone is 6. The van der Waals surface area contributed by atoms with Crippen LogP contribution in [0.25, 0.3) is 0 Å². The van der Waals surface area contributed by atoms with Gasteiger partial charge in [-0.15, -0.1) is 0 Å². The minimum absolute atomic E-state index is 0.224. The third kappa shape index (κ3) is 13.0. The lowest BCUT2D eigenvalue weighted by Gasteiger charge is -2.40. The summed E-state index contributed by atoms with van der Waals surface area (Å²) in [5.41, 5.74) is 0.